The second-order valence-corrected chi connectivity index (χ2v) is 6.56. The molecule has 1 aromatic carbocycles. The largest absolute Gasteiger partial charge is 0.355 e. The molecule has 0 bridgehead atoms. The van der Waals surface area contributed by atoms with Gasteiger partial charge in [0.15, 0.2) is 0 Å². The summed E-state index contributed by atoms with van der Waals surface area (Å²) in [6, 6.07) is 7.64. The molecule has 1 atom stereocenters. The van der Waals surface area contributed by atoms with Crippen molar-refractivity contribution < 1.29 is 9.59 Å². The number of unbranched alkanes of at least 4 members (excludes halogenated alkanes) is 2. The van der Waals surface area contributed by atoms with Gasteiger partial charge >= 0.3 is 0 Å². The van der Waals surface area contributed by atoms with Crippen LogP contribution in [0.15, 0.2) is 24.3 Å². The number of carbonyl (C=O) groups excluding carboxylic acids is 2. The molecule has 5 heteroatoms. The van der Waals surface area contributed by atoms with E-state index in [1.54, 1.807) is 0 Å². The molecule has 1 aliphatic rings. The minimum Gasteiger partial charge on any atom is -0.355 e. The average molecular weight is 337 g/mol. The smallest absolute Gasteiger partial charge is 0.225 e. The highest BCUT2D eigenvalue weighted by atomic mass is 35.5. The van der Waals surface area contributed by atoms with E-state index in [2.05, 4.69) is 12.2 Å². The summed E-state index contributed by atoms with van der Waals surface area (Å²) in [5.74, 6) is -0.113. The lowest BCUT2D eigenvalue weighted by Crippen LogP contribution is -2.34. The van der Waals surface area contributed by atoms with Crippen molar-refractivity contribution >= 4 is 23.4 Å². The molecule has 1 aliphatic heterocycles. The Labute approximate surface area is 143 Å². The number of hydrogen-bond donors (Lipinski definition) is 1. The van der Waals surface area contributed by atoms with Crippen molar-refractivity contribution in [1.29, 1.82) is 0 Å². The highest BCUT2D eigenvalue weighted by Crippen LogP contribution is 2.18. The van der Waals surface area contributed by atoms with Crippen molar-refractivity contribution in [3.8, 4) is 0 Å². The molecule has 1 saturated heterocycles. The zero-order valence-electron chi connectivity index (χ0n) is 13.7. The van der Waals surface area contributed by atoms with Crippen LogP contribution in [-0.2, 0) is 16.0 Å². The van der Waals surface area contributed by atoms with Crippen LogP contribution in [-0.4, -0.2) is 36.3 Å². The number of hydrogen-bond acceptors (Lipinski definition) is 2. The third-order valence-corrected chi connectivity index (χ3v) is 4.45. The van der Waals surface area contributed by atoms with Crippen molar-refractivity contribution in [3.05, 3.63) is 34.9 Å². The molecule has 0 spiro atoms. The van der Waals surface area contributed by atoms with Gasteiger partial charge in [0.1, 0.15) is 0 Å². The van der Waals surface area contributed by atoms with Crippen LogP contribution in [0.4, 0.5) is 0 Å². The van der Waals surface area contributed by atoms with Gasteiger partial charge in [-0.15, -0.1) is 0 Å². The molecular weight excluding hydrogens is 312 g/mol. The molecule has 1 unspecified atom stereocenters. The Bertz CT molecular complexity index is 548. The average Bonchev–Trinajstić information content (AvgIpc) is 2.89. The normalized spacial score (nSPS) is 17.6. The first-order valence-corrected chi connectivity index (χ1v) is 8.78. The summed E-state index contributed by atoms with van der Waals surface area (Å²) in [6.07, 6.45) is 4.36. The van der Waals surface area contributed by atoms with Gasteiger partial charge in [-0.2, -0.15) is 0 Å². The summed E-state index contributed by atoms with van der Waals surface area (Å²) >= 11 is 5.94. The van der Waals surface area contributed by atoms with Crippen LogP contribution in [0.1, 0.15) is 38.2 Å². The maximum atomic E-state index is 12.2. The number of halogens is 1. The molecule has 4 nitrogen and oxygen atoms in total. The monoisotopic (exact) mass is 336 g/mol. The molecule has 1 heterocycles. The topological polar surface area (TPSA) is 49.4 Å². The fraction of sp³-hybridized carbons (Fsp3) is 0.556. The molecule has 0 aromatic heterocycles. The van der Waals surface area contributed by atoms with Crippen molar-refractivity contribution in [3.63, 3.8) is 0 Å². The fourth-order valence-electron chi connectivity index (χ4n) is 2.88. The Morgan fingerprint density at radius 2 is 2.22 bits per heavy atom. The maximum absolute atomic E-state index is 12.2. The first-order valence-electron chi connectivity index (χ1n) is 8.40. The number of nitrogens with one attached hydrogen (secondary N) is 1. The third kappa shape index (κ3) is 5.54. The molecule has 126 valence electrons. The van der Waals surface area contributed by atoms with Gasteiger partial charge < -0.3 is 10.2 Å². The minimum atomic E-state index is -0.205. The first-order chi connectivity index (χ1) is 11.1. The first kappa shape index (κ1) is 17.8. The fourth-order valence-corrected chi connectivity index (χ4v) is 3.10. The summed E-state index contributed by atoms with van der Waals surface area (Å²) in [6.45, 7) is 4.05. The Balaban J connectivity index is 1.72. The highest BCUT2D eigenvalue weighted by Gasteiger charge is 2.33. The van der Waals surface area contributed by atoms with Gasteiger partial charge in [-0.25, -0.2) is 0 Å². The van der Waals surface area contributed by atoms with E-state index in [-0.39, 0.29) is 17.7 Å². The summed E-state index contributed by atoms with van der Waals surface area (Å²) in [4.78, 5) is 26.0. The van der Waals surface area contributed by atoms with Gasteiger partial charge in [0.2, 0.25) is 11.8 Å². The van der Waals surface area contributed by atoms with E-state index in [0.29, 0.717) is 24.5 Å². The zero-order chi connectivity index (χ0) is 16.7. The molecule has 1 aromatic rings. The van der Waals surface area contributed by atoms with Crippen LogP contribution >= 0.6 is 11.6 Å². The number of rotatable bonds is 8. The molecule has 2 rings (SSSR count). The second-order valence-electron chi connectivity index (χ2n) is 6.12. The lowest BCUT2D eigenvalue weighted by atomic mass is 10.1. The van der Waals surface area contributed by atoms with E-state index in [4.69, 9.17) is 11.6 Å². The minimum absolute atomic E-state index is 0.0154. The number of likely N-dealkylation sites (tertiary alicyclic amines) is 1. The molecule has 0 aliphatic carbocycles. The van der Waals surface area contributed by atoms with Gasteiger partial charge in [-0.1, -0.05) is 43.5 Å². The van der Waals surface area contributed by atoms with E-state index in [1.165, 1.54) is 0 Å². The summed E-state index contributed by atoms with van der Waals surface area (Å²) in [5, 5.41) is 3.65. The van der Waals surface area contributed by atoms with Crippen LogP contribution < -0.4 is 5.32 Å². The molecule has 0 radical (unpaired) electrons. The van der Waals surface area contributed by atoms with E-state index in [1.807, 2.05) is 29.2 Å². The van der Waals surface area contributed by atoms with Crippen LogP contribution in [0, 0.1) is 5.92 Å². The SMILES string of the molecule is CCCCCN1CC(C(=O)NCCc2cccc(Cl)c2)CC1=O. The molecule has 1 N–H and O–H groups in total. The Morgan fingerprint density at radius 3 is 2.96 bits per heavy atom. The Morgan fingerprint density at radius 1 is 1.39 bits per heavy atom. The molecule has 23 heavy (non-hydrogen) atoms. The number of benzene rings is 1. The van der Waals surface area contributed by atoms with Crippen LogP contribution in [0.3, 0.4) is 0 Å². The van der Waals surface area contributed by atoms with Crippen LogP contribution in [0.5, 0.6) is 0 Å². The van der Waals surface area contributed by atoms with E-state index < -0.39 is 0 Å². The predicted octanol–water partition coefficient (Wildman–Crippen LogP) is 3.04. The van der Waals surface area contributed by atoms with E-state index >= 15 is 0 Å². The van der Waals surface area contributed by atoms with Gasteiger partial charge in [-0.3, -0.25) is 9.59 Å². The lowest BCUT2D eigenvalue weighted by Gasteiger charge is -2.16. The van der Waals surface area contributed by atoms with Crippen LogP contribution in [0.2, 0.25) is 5.02 Å². The van der Waals surface area contributed by atoms with Gasteiger partial charge in [0.05, 0.1) is 5.92 Å². The second kappa shape index (κ2) is 8.92. The van der Waals surface area contributed by atoms with Crippen molar-refractivity contribution in [2.24, 2.45) is 5.92 Å². The molecule has 0 saturated carbocycles. The van der Waals surface area contributed by atoms with Crippen LogP contribution in [0.25, 0.3) is 0 Å². The van der Waals surface area contributed by atoms with Gasteiger partial charge in [0, 0.05) is 31.1 Å². The van der Waals surface area contributed by atoms with Crippen molar-refractivity contribution in [2.45, 2.75) is 39.0 Å². The summed E-state index contributed by atoms with van der Waals surface area (Å²) in [5.41, 5.74) is 1.10. The van der Waals surface area contributed by atoms with Crippen molar-refractivity contribution in [1.82, 2.24) is 10.2 Å². The molecule has 2 amide bonds. The zero-order valence-corrected chi connectivity index (χ0v) is 14.4. The van der Waals surface area contributed by atoms with E-state index in [0.717, 1.165) is 37.8 Å². The number of carbonyl (C=O) groups is 2. The standard InChI is InChI=1S/C18H25ClN2O2/c1-2-3-4-10-21-13-15(12-17(21)22)18(23)20-9-8-14-6-5-7-16(19)11-14/h5-7,11,15H,2-4,8-10,12-13H2,1H3,(H,20,23). The quantitative estimate of drug-likeness (QED) is 0.742. The predicted molar refractivity (Wildman–Crippen MR) is 92.4 cm³/mol. The highest BCUT2D eigenvalue weighted by molar-refractivity contribution is 6.30. The Hall–Kier alpha value is -1.55. The lowest BCUT2D eigenvalue weighted by molar-refractivity contribution is -0.129. The summed E-state index contributed by atoms with van der Waals surface area (Å²) < 4.78 is 0. The molecule has 1 fully saturated rings. The summed E-state index contributed by atoms with van der Waals surface area (Å²) in [7, 11) is 0. The number of amides is 2. The van der Waals surface area contributed by atoms with E-state index in [9.17, 15) is 9.59 Å². The van der Waals surface area contributed by atoms with Gasteiger partial charge in [0.25, 0.3) is 0 Å². The maximum Gasteiger partial charge on any atom is 0.225 e. The Kier molecular flexibility index (Phi) is 6.90. The van der Waals surface area contributed by atoms with Gasteiger partial charge in [-0.05, 0) is 30.5 Å². The van der Waals surface area contributed by atoms with Crippen molar-refractivity contribution in [2.75, 3.05) is 19.6 Å². The molecular formula is C18H25ClN2O2. The number of nitrogens with zero attached hydrogens (tertiary/aromatic N) is 1. The third-order valence-electron chi connectivity index (χ3n) is 4.22.